The van der Waals surface area contributed by atoms with Gasteiger partial charge in [-0.1, -0.05) is 43.3 Å². The Morgan fingerprint density at radius 2 is 1.61 bits per heavy atom. The summed E-state index contributed by atoms with van der Waals surface area (Å²) in [5, 5.41) is 10.6. The van der Waals surface area contributed by atoms with Crippen molar-refractivity contribution in [3.8, 4) is 5.69 Å². The molecule has 174 valence electrons. The Hall–Kier alpha value is -3.45. The molecule has 0 unspecified atom stereocenters. The van der Waals surface area contributed by atoms with Crippen LogP contribution in [-0.4, -0.2) is 46.1 Å². The maximum atomic E-state index is 12.7. The van der Waals surface area contributed by atoms with Crippen molar-refractivity contribution in [2.75, 3.05) is 30.3 Å². The minimum Gasteiger partial charge on any atom is -0.325 e. The molecular weight excluding hydrogens is 414 g/mol. The maximum Gasteiger partial charge on any atom is 0.238 e. The third-order valence-electron chi connectivity index (χ3n) is 5.54. The van der Waals surface area contributed by atoms with E-state index in [1.807, 2.05) is 85.0 Å². The molecule has 0 aliphatic rings. The van der Waals surface area contributed by atoms with E-state index in [0.29, 0.717) is 13.0 Å². The zero-order valence-corrected chi connectivity index (χ0v) is 19.9. The van der Waals surface area contributed by atoms with E-state index in [2.05, 4.69) is 22.7 Å². The Bertz CT molecular complexity index is 1090. The second kappa shape index (κ2) is 11.4. The number of aromatic nitrogens is 2. The number of para-hydroxylation sites is 2. The summed E-state index contributed by atoms with van der Waals surface area (Å²) in [6.07, 6.45) is 1.20. The van der Waals surface area contributed by atoms with E-state index in [4.69, 9.17) is 0 Å². The van der Waals surface area contributed by atoms with Crippen molar-refractivity contribution in [2.24, 2.45) is 0 Å². The van der Waals surface area contributed by atoms with Gasteiger partial charge in [-0.3, -0.25) is 14.5 Å². The molecule has 1 heterocycles. The predicted octanol–water partition coefficient (Wildman–Crippen LogP) is 4.48. The largest absolute Gasteiger partial charge is 0.325 e. The molecule has 0 spiro atoms. The fraction of sp³-hybridized carbons (Fsp3) is 0.346. The van der Waals surface area contributed by atoms with Gasteiger partial charge in [-0.15, -0.1) is 0 Å². The molecule has 3 rings (SSSR count). The summed E-state index contributed by atoms with van der Waals surface area (Å²) in [6.45, 7) is 9.37. The Morgan fingerprint density at radius 1 is 0.909 bits per heavy atom. The molecule has 33 heavy (non-hydrogen) atoms. The first-order valence-corrected chi connectivity index (χ1v) is 11.4. The van der Waals surface area contributed by atoms with Gasteiger partial charge >= 0.3 is 0 Å². The normalized spacial score (nSPS) is 10.9. The first kappa shape index (κ1) is 24.2. The van der Waals surface area contributed by atoms with E-state index in [9.17, 15) is 9.59 Å². The van der Waals surface area contributed by atoms with Crippen LogP contribution in [0.3, 0.4) is 0 Å². The second-order valence-electron chi connectivity index (χ2n) is 8.23. The highest BCUT2D eigenvalue weighted by atomic mass is 16.2. The molecule has 7 heteroatoms. The van der Waals surface area contributed by atoms with Crippen LogP contribution in [0.4, 0.5) is 11.4 Å². The molecule has 3 aromatic rings. The highest BCUT2D eigenvalue weighted by molar-refractivity contribution is 5.93. The third-order valence-corrected chi connectivity index (χ3v) is 5.54. The number of nitrogens with zero attached hydrogens (tertiary/aromatic N) is 3. The van der Waals surface area contributed by atoms with Crippen LogP contribution in [-0.2, 0) is 9.59 Å². The average molecular weight is 448 g/mol. The number of carbonyl (C=O) groups is 2. The zero-order valence-electron chi connectivity index (χ0n) is 19.9. The first-order chi connectivity index (χ1) is 15.9. The Balaban J connectivity index is 1.57. The van der Waals surface area contributed by atoms with Gasteiger partial charge < -0.3 is 10.6 Å². The standard InChI is InChI=1S/C26H33N5O2/c1-5-16-30(18-25(33)27-23-14-10-9-11-19(23)2)17-15-24(32)28-26-20(3)29-31(21(26)4)22-12-7-6-8-13-22/h6-14H,5,15-18H2,1-4H3,(H,27,33)(H,28,32). The smallest absolute Gasteiger partial charge is 0.238 e. The summed E-state index contributed by atoms with van der Waals surface area (Å²) in [5.74, 6) is -0.164. The second-order valence-corrected chi connectivity index (χ2v) is 8.23. The van der Waals surface area contributed by atoms with E-state index in [-0.39, 0.29) is 18.4 Å². The zero-order chi connectivity index (χ0) is 23.8. The SMILES string of the molecule is CCCN(CCC(=O)Nc1c(C)nn(-c2ccccc2)c1C)CC(=O)Nc1ccccc1C. The van der Waals surface area contributed by atoms with E-state index in [0.717, 1.165) is 47.0 Å². The Morgan fingerprint density at radius 3 is 2.30 bits per heavy atom. The van der Waals surface area contributed by atoms with Crippen molar-refractivity contribution in [3.05, 3.63) is 71.5 Å². The fourth-order valence-electron chi connectivity index (χ4n) is 3.80. The Labute approximate surface area is 195 Å². The molecule has 0 radical (unpaired) electrons. The number of hydrogen-bond donors (Lipinski definition) is 2. The molecule has 0 saturated carbocycles. The minimum absolute atomic E-state index is 0.0750. The number of rotatable bonds is 10. The third kappa shape index (κ3) is 6.52. The van der Waals surface area contributed by atoms with Crippen molar-refractivity contribution in [1.82, 2.24) is 14.7 Å². The molecule has 1 aromatic heterocycles. The van der Waals surface area contributed by atoms with Crippen LogP contribution < -0.4 is 10.6 Å². The van der Waals surface area contributed by atoms with Crippen molar-refractivity contribution in [3.63, 3.8) is 0 Å². The molecule has 0 fully saturated rings. The summed E-state index contributed by atoms with van der Waals surface area (Å²) in [6, 6.07) is 17.6. The van der Waals surface area contributed by atoms with E-state index in [1.165, 1.54) is 0 Å². The van der Waals surface area contributed by atoms with Gasteiger partial charge in [0, 0.05) is 18.7 Å². The molecule has 0 aliphatic carbocycles. The molecule has 0 aliphatic heterocycles. The van der Waals surface area contributed by atoms with Gasteiger partial charge in [0.15, 0.2) is 0 Å². The van der Waals surface area contributed by atoms with E-state index < -0.39 is 0 Å². The molecule has 2 N–H and O–H groups in total. The lowest BCUT2D eigenvalue weighted by Gasteiger charge is -2.21. The molecule has 0 atom stereocenters. The highest BCUT2D eigenvalue weighted by Crippen LogP contribution is 2.23. The summed E-state index contributed by atoms with van der Waals surface area (Å²) < 4.78 is 1.84. The highest BCUT2D eigenvalue weighted by Gasteiger charge is 2.17. The van der Waals surface area contributed by atoms with E-state index in [1.54, 1.807) is 0 Å². The van der Waals surface area contributed by atoms with Crippen LogP contribution in [0.2, 0.25) is 0 Å². The lowest BCUT2D eigenvalue weighted by molar-refractivity contribution is -0.119. The van der Waals surface area contributed by atoms with Gasteiger partial charge in [0.05, 0.1) is 29.3 Å². The predicted molar refractivity (Wildman–Crippen MR) is 133 cm³/mol. The number of nitrogens with one attached hydrogen (secondary N) is 2. The van der Waals surface area contributed by atoms with Crippen molar-refractivity contribution in [1.29, 1.82) is 0 Å². The van der Waals surface area contributed by atoms with Crippen LogP contribution >= 0.6 is 0 Å². The van der Waals surface area contributed by atoms with Gasteiger partial charge in [-0.25, -0.2) is 4.68 Å². The van der Waals surface area contributed by atoms with Crippen LogP contribution in [0, 0.1) is 20.8 Å². The fourth-order valence-corrected chi connectivity index (χ4v) is 3.80. The van der Waals surface area contributed by atoms with Crippen LogP contribution in [0.15, 0.2) is 54.6 Å². The average Bonchev–Trinajstić information content (AvgIpc) is 3.08. The number of amides is 2. The topological polar surface area (TPSA) is 79.3 Å². The van der Waals surface area contributed by atoms with Gasteiger partial charge in [0.1, 0.15) is 0 Å². The van der Waals surface area contributed by atoms with Crippen LogP contribution in [0.25, 0.3) is 5.69 Å². The van der Waals surface area contributed by atoms with Crippen molar-refractivity contribution < 1.29 is 9.59 Å². The molecular formula is C26H33N5O2. The summed E-state index contributed by atoms with van der Waals surface area (Å²) in [4.78, 5) is 27.3. The van der Waals surface area contributed by atoms with Crippen molar-refractivity contribution in [2.45, 2.75) is 40.5 Å². The monoisotopic (exact) mass is 447 g/mol. The van der Waals surface area contributed by atoms with Gasteiger partial charge in [0.25, 0.3) is 0 Å². The molecule has 0 bridgehead atoms. The number of benzene rings is 2. The minimum atomic E-state index is -0.0887. The number of aryl methyl sites for hydroxylation is 2. The van der Waals surface area contributed by atoms with Gasteiger partial charge in [-0.05, 0) is 57.5 Å². The Kier molecular flexibility index (Phi) is 8.38. The summed E-state index contributed by atoms with van der Waals surface area (Å²) in [7, 11) is 0. The van der Waals surface area contributed by atoms with E-state index >= 15 is 0 Å². The van der Waals surface area contributed by atoms with Crippen LogP contribution in [0.1, 0.15) is 36.7 Å². The lowest BCUT2D eigenvalue weighted by Crippen LogP contribution is -2.36. The lowest BCUT2D eigenvalue weighted by atomic mass is 10.2. The summed E-state index contributed by atoms with van der Waals surface area (Å²) in [5.41, 5.74) is 5.19. The summed E-state index contributed by atoms with van der Waals surface area (Å²) >= 11 is 0. The van der Waals surface area contributed by atoms with Gasteiger partial charge in [-0.2, -0.15) is 5.10 Å². The molecule has 2 amide bonds. The molecule has 7 nitrogen and oxygen atoms in total. The maximum absolute atomic E-state index is 12.7. The molecule has 0 saturated heterocycles. The van der Waals surface area contributed by atoms with Crippen molar-refractivity contribution >= 4 is 23.2 Å². The van der Waals surface area contributed by atoms with Crippen LogP contribution in [0.5, 0.6) is 0 Å². The molecule has 2 aromatic carbocycles. The number of hydrogen-bond acceptors (Lipinski definition) is 4. The number of carbonyl (C=O) groups excluding carboxylic acids is 2. The number of anilines is 2. The van der Waals surface area contributed by atoms with Gasteiger partial charge in [0.2, 0.25) is 11.8 Å². The quantitative estimate of drug-likeness (QED) is 0.480. The first-order valence-electron chi connectivity index (χ1n) is 11.4.